The molecule has 1 atom stereocenters. The van der Waals surface area contributed by atoms with Crippen LogP contribution in [0.2, 0.25) is 0 Å². The van der Waals surface area contributed by atoms with Crippen molar-refractivity contribution in [3.63, 3.8) is 0 Å². The molecular weight excluding hydrogens is 202 g/mol. The highest BCUT2D eigenvalue weighted by Gasteiger charge is 2.13. The van der Waals surface area contributed by atoms with Gasteiger partial charge in [-0.3, -0.25) is 9.78 Å². The topological polar surface area (TPSA) is 54.0 Å². The Balaban J connectivity index is 1.71. The standard InChI is InChI=1S/C12H17N3O/c16-12(10-3-7-13-8-4-10)15-9-5-11-2-1-6-14-11/h3-4,7-8,11,14H,1-2,5-6,9H2,(H,15,16). The molecule has 1 saturated heterocycles. The summed E-state index contributed by atoms with van der Waals surface area (Å²) in [5, 5.41) is 6.33. The Hall–Kier alpha value is -1.42. The van der Waals surface area contributed by atoms with Crippen LogP contribution in [0.3, 0.4) is 0 Å². The summed E-state index contributed by atoms with van der Waals surface area (Å²) in [5.74, 6) is -0.0135. The van der Waals surface area contributed by atoms with Crippen LogP contribution in [-0.4, -0.2) is 30.0 Å². The second-order valence-corrected chi connectivity index (χ2v) is 4.07. The van der Waals surface area contributed by atoms with Crippen molar-refractivity contribution in [2.24, 2.45) is 0 Å². The first-order valence-electron chi connectivity index (χ1n) is 5.78. The lowest BCUT2D eigenvalue weighted by Crippen LogP contribution is -2.30. The van der Waals surface area contributed by atoms with Gasteiger partial charge in [0.25, 0.3) is 5.91 Å². The SMILES string of the molecule is O=C(NCCC1CCCN1)c1ccncc1. The van der Waals surface area contributed by atoms with Gasteiger partial charge in [-0.1, -0.05) is 0 Å². The minimum Gasteiger partial charge on any atom is -0.352 e. The van der Waals surface area contributed by atoms with Gasteiger partial charge in [-0.2, -0.15) is 0 Å². The van der Waals surface area contributed by atoms with Crippen LogP contribution in [0.5, 0.6) is 0 Å². The third-order valence-corrected chi connectivity index (χ3v) is 2.88. The van der Waals surface area contributed by atoms with Crippen LogP contribution in [0.1, 0.15) is 29.6 Å². The van der Waals surface area contributed by atoms with Gasteiger partial charge in [0.15, 0.2) is 0 Å². The second kappa shape index (κ2) is 5.61. The zero-order valence-electron chi connectivity index (χ0n) is 9.28. The largest absolute Gasteiger partial charge is 0.352 e. The average Bonchev–Trinajstić information content (AvgIpc) is 2.83. The molecule has 1 aliphatic heterocycles. The predicted molar refractivity (Wildman–Crippen MR) is 62.2 cm³/mol. The molecule has 4 nitrogen and oxygen atoms in total. The van der Waals surface area contributed by atoms with Crippen LogP contribution in [0.4, 0.5) is 0 Å². The van der Waals surface area contributed by atoms with Crippen molar-refractivity contribution in [3.05, 3.63) is 30.1 Å². The van der Waals surface area contributed by atoms with Crippen LogP contribution in [0.25, 0.3) is 0 Å². The maximum absolute atomic E-state index is 11.7. The molecule has 0 bridgehead atoms. The summed E-state index contributed by atoms with van der Waals surface area (Å²) in [6.45, 7) is 1.85. The highest BCUT2D eigenvalue weighted by Crippen LogP contribution is 2.07. The number of hydrogen-bond donors (Lipinski definition) is 2. The van der Waals surface area contributed by atoms with Gasteiger partial charge in [-0.05, 0) is 37.9 Å². The Morgan fingerprint density at radius 3 is 3.00 bits per heavy atom. The van der Waals surface area contributed by atoms with Crippen LogP contribution in [0.15, 0.2) is 24.5 Å². The molecule has 1 aromatic rings. The van der Waals surface area contributed by atoms with E-state index >= 15 is 0 Å². The van der Waals surface area contributed by atoms with Crippen molar-refractivity contribution in [1.82, 2.24) is 15.6 Å². The number of amides is 1. The summed E-state index contributed by atoms with van der Waals surface area (Å²) in [5.41, 5.74) is 0.675. The number of aromatic nitrogens is 1. The van der Waals surface area contributed by atoms with Crippen molar-refractivity contribution in [1.29, 1.82) is 0 Å². The van der Waals surface area contributed by atoms with Crippen molar-refractivity contribution < 1.29 is 4.79 Å². The van der Waals surface area contributed by atoms with Gasteiger partial charge in [0.1, 0.15) is 0 Å². The van der Waals surface area contributed by atoms with Crippen molar-refractivity contribution in [2.45, 2.75) is 25.3 Å². The van der Waals surface area contributed by atoms with E-state index in [1.165, 1.54) is 12.8 Å². The van der Waals surface area contributed by atoms with Gasteiger partial charge in [0.2, 0.25) is 0 Å². The third kappa shape index (κ3) is 3.03. The minimum atomic E-state index is -0.0135. The zero-order chi connectivity index (χ0) is 11.2. The molecule has 1 amide bonds. The summed E-state index contributed by atoms with van der Waals surface area (Å²) in [4.78, 5) is 15.5. The zero-order valence-corrected chi connectivity index (χ0v) is 9.28. The Kier molecular flexibility index (Phi) is 3.88. The Labute approximate surface area is 95.5 Å². The van der Waals surface area contributed by atoms with Crippen molar-refractivity contribution in [3.8, 4) is 0 Å². The van der Waals surface area contributed by atoms with Gasteiger partial charge < -0.3 is 10.6 Å². The Bertz CT molecular complexity index is 333. The molecule has 86 valence electrons. The minimum absolute atomic E-state index is 0.0135. The molecule has 4 heteroatoms. The third-order valence-electron chi connectivity index (χ3n) is 2.88. The maximum atomic E-state index is 11.7. The summed E-state index contributed by atoms with van der Waals surface area (Å²) in [6, 6.07) is 4.03. The normalized spacial score (nSPS) is 19.6. The van der Waals surface area contributed by atoms with E-state index in [0.29, 0.717) is 11.6 Å². The fourth-order valence-electron chi connectivity index (χ4n) is 1.97. The first-order chi connectivity index (χ1) is 7.86. The maximum Gasteiger partial charge on any atom is 0.251 e. The van der Waals surface area contributed by atoms with E-state index in [4.69, 9.17) is 0 Å². The lowest BCUT2D eigenvalue weighted by atomic mass is 10.1. The molecule has 2 rings (SSSR count). The fraction of sp³-hybridized carbons (Fsp3) is 0.500. The van der Waals surface area contributed by atoms with Gasteiger partial charge in [0, 0.05) is 30.5 Å². The molecule has 2 heterocycles. The first-order valence-corrected chi connectivity index (χ1v) is 5.78. The Morgan fingerprint density at radius 2 is 2.31 bits per heavy atom. The van der Waals surface area contributed by atoms with E-state index < -0.39 is 0 Å². The highest BCUT2D eigenvalue weighted by atomic mass is 16.1. The monoisotopic (exact) mass is 219 g/mol. The van der Waals surface area contributed by atoms with Gasteiger partial charge in [-0.25, -0.2) is 0 Å². The van der Waals surface area contributed by atoms with Crippen LogP contribution < -0.4 is 10.6 Å². The first kappa shape index (κ1) is 11.1. The Morgan fingerprint density at radius 1 is 1.50 bits per heavy atom. The van der Waals surface area contributed by atoms with E-state index in [2.05, 4.69) is 15.6 Å². The van der Waals surface area contributed by atoms with Crippen molar-refractivity contribution >= 4 is 5.91 Å². The van der Waals surface area contributed by atoms with Crippen LogP contribution in [-0.2, 0) is 0 Å². The summed E-state index contributed by atoms with van der Waals surface area (Å²) in [6.07, 6.45) is 6.76. The smallest absolute Gasteiger partial charge is 0.251 e. The summed E-state index contributed by atoms with van der Waals surface area (Å²) in [7, 11) is 0. The lowest BCUT2D eigenvalue weighted by molar-refractivity contribution is 0.0952. The number of pyridine rings is 1. The highest BCUT2D eigenvalue weighted by molar-refractivity contribution is 5.93. The molecule has 0 spiro atoms. The van der Waals surface area contributed by atoms with E-state index in [9.17, 15) is 4.79 Å². The van der Waals surface area contributed by atoms with Crippen molar-refractivity contribution in [2.75, 3.05) is 13.1 Å². The summed E-state index contributed by atoms with van der Waals surface area (Å²) < 4.78 is 0. The average molecular weight is 219 g/mol. The number of nitrogens with one attached hydrogen (secondary N) is 2. The molecule has 1 aliphatic rings. The number of hydrogen-bond acceptors (Lipinski definition) is 3. The molecule has 0 aromatic carbocycles. The van der Waals surface area contributed by atoms with Crippen LogP contribution >= 0.6 is 0 Å². The van der Waals surface area contributed by atoms with E-state index in [-0.39, 0.29) is 5.91 Å². The van der Waals surface area contributed by atoms with Gasteiger partial charge in [0.05, 0.1) is 0 Å². The molecule has 0 radical (unpaired) electrons. The second-order valence-electron chi connectivity index (χ2n) is 4.07. The molecule has 16 heavy (non-hydrogen) atoms. The van der Waals surface area contributed by atoms with E-state index in [1.807, 2.05) is 0 Å². The van der Waals surface area contributed by atoms with E-state index in [0.717, 1.165) is 19.5 Å². The molecule has 1 aromatic heterocycles. The van der Waals surface area contributed by atoms with Gasteiger partial charge in [-0.15, -0.1) is 0 Å². The molecule has 1 unspecified atom stereocenters. The van der Waals surface area contributed by atoms with Crippen LogP contribution in [0, 0.1) is 0 Å². The molecule has 0 aliphatic carbocycles. The fourth-order valence-corrected chi connectivity index (χ4v) is 1.97. The number of rotatable bonds is 4. The molecular formula is C12H17N3O. The number of carbonyl (C=O) groups is 1. The van der Waals surface area contributed by atoms with E-state index in [1.54, 1.807) is 24.5 Å². The number of carbonyl (C=O) groups excluding carboxylic acids is 1. The number of nitrogens with zero attached hydrogens (tertiary/aromatic N) is 1. The summed E-state index contributed by atoms with van der Waals surface area (Å²) >= 11 is 0. The molecule has 1 fully saturated rings. The molecule has 2 N–H and O–H groups in total. The van der Waals surface area contributed by atoms with Gasteiger partial charge >= 0.3 is 0 Å². The lowest BCUT2D eigenvalue weighted by Gasteiger charge is -2.10. The molecule has 0 saturated carbocycles. The quantitative estimate of drug-likeness (QED) is 0.793. The predicted octanol–water partition coefficient (Wildman–Crippen LogP) is 0.953.